The van der Waals surface area contributed by atoms with Gasteiger partial charge in [0.15, 0.2) is 0 Å². The summed E-state index contributed by atoms with van der Waals surface area (Å²) in [5.41, 5.74) is 2.25. The molecule has 1 aromatic carbocycles. The van der Waals surface area contributed by atoms with E-state index in [9.17, 15) is 5.11 Å². The van der Waals surface area contributed by atoms with Crippen LogP contribution in [0.2, 0.25) is 0 Å². The van der Waals surface area contributed by atoms with E-state index in [1.165, 1.54) is 23.4 Å². The normalized spacial score (nSPS) is 16.3. The molecule has 0 unspecified atom stereocenters. The van der Waals surface area contributed by atoms with Crippen LogP contribution in [0.3, 0.4) is 0 Å². The standard InChI is InChI=1S/C16H19NOS/c1-12(18)13-4-6-14(7-5-13)17(15-8-9-15)11-16-3-2-10-19-16/h2-7,10,12,15,18H,8-9,11H2,1H3/t12-/m0/s1. The molecule has 0 amide bonds. The fraction of sp³-hybridized carbons (Fsp3) is 0.375. The average molecular weight is 273 g/mol. The molecular weight excluding hydrogens is 254 g/mol. The predicted octanol–water partition coefficient (Wildman–Crippen LogP) is 3.97. The Labute approximate surface area is 118 Å². The van der Waals surface area contributed by atoms with Gasteiger partial charge in [0.2, 0.25) is 0 Å². The van der Waals surface area contributed by atoms with Gasteiger partial charge in [-0.1, -0.05) is 18.2 Å². The highest BCUT2D eigenvalue weighted by Crippen LogP contribution is 2.34. The molecule has 2 nitrogen and oxygen atoms in total. The van der Waals surface area contributed by atoms with Crippen molar-refractivity contribution >= 4 is 17.0 Å². The molecule has 1 heterocycles. The van der Waals surface area contributed by atoms with Crippen LogP contribution in [0.5, 0.6) is 0 Å². The van der Waals surface area contributed by atoms with E-state index in [2.05, 4.69) is 34.5 Å². The van der Waals surface area contributed by atoms with Gasteiger partial charge in [0.1, 0.15) is 0 Å². The largest absolute Gasteiger partial charge is 0.389 e. The summed E-state index contributed by atoms with van der Waals surface area (Å²) < 4.78 is 0. The molecule has 3 heteroatoms. The van der Waals surface area contributed by atoms with Crippen LogP contribution in [-0.2, 0) is 6.54 Å². The zero-order valence-corrected chi connectivity index (χ0v) is 11.9. The van der Waals surface area contributed by atoms with Crippen molar-refractivity contribution in [3.05, 3.63) is 52.2 Å². The monoisotopic (exact) mass is 273 g/mol. The summed E-state index contributed by atoms with van der Waals surface area (Å²) in [4.78, 5) is 3.89. The summed E-state index contributed by atoms with van der Waals surface area (Å²) in [5, 5.41) is 11.7. The summed E-state index contributed by atoms with van der Waals surface area (Å²) in [6, 6.07) is 13.3. The van der Waals surface area contributed by atoms with Crippen molar-refractivity contribution in [2.45, 2.75) is 38.5 Å². The van der Waals surface area contributed by atoms with Crippen molar-refractivity contribution < 1.29 is 5.11 Å². The number of hydrogen-bond acceptors (Lipinski definition) is 3. The molecule has 19 heavy (non-hydrogen) atoms. The first-order valence-corrected chi connectivity index (χ1v) is 7.69. The van der Waals surface area contributed by atoms with Gasteiger partial charge in [0.05, 0.1) is 12.6 Å². The minimum absolute atomic E-state index is 0.388. The molecule has 1 aromatic heterocycles. The zero-order valence-electron chi connectivity index (χ0n) is 11.1. The van der Waals surface area contributed by atoms with Gasteiger partial charge >= 0.3 is 0 Å². The molecule has 1 aliphatic carbocycles. The average Bonchev–Trinajstić information content (AvgIpc) is 3.13. The highest BCUT2D eigenvalue weighted by Gasteiger charge is 2.29. The Hall–Kier alpha value is -1.32. The molecule has 0 saturated heterocycles. The van der Waals surface area contributed by atoms with Gasteiger partial charge in [-0.05, 0) is 48.9 Å². The zero-order chi connectivity index (χ0) is 13.2. The van der Waals surface area contributed by atoms with Crippen molar-refractivity contribution in [3.63, 3.8) is 0 Å². The van der Waals surface area contributed by atoms with Gasteiger partial charge in [-0.25, -0.2) is 0 Å². The number of rotatable bonds is 5. The van der Waals surface area contributed by atoms with Crippen molar-refractivity contribution in [1.82, 2.24) is 0 Å². The SMILES string of the molecule is C[C@H](O)c1ccc(N(Cc2cccs2)C2CC2)cc1. The second kappa shape index (κ2) is 5.35. The second-order valence-electron chi connectivity index (χ2n) is 5.21. The molecule has 1 aliphatic rings. The van der Waals surface area contributed by atoms with Gasteiger partial charge in [-0.2, -0.15) is 0 Å². The molecule has 0 radical (unpaired) electrons. The third kappa shape index (κ3) is 2.99. The lowest BCUT2D eigenvalue weighted by atomic mass is 10.1. The van der Waals surface area contributed by atoms with E-state index >= 15 is 0 Å². The van der Waals surface area contributed by atoms with E-state index in [1.807, 2.05) is 23.5 Å². The number of aliphatic hydroxyl groups is 1. The van der Waals surface area contributed by atoms with Crippen LogP contribution in [0.1, 0.15) is 36.3 Å². The fourth-order valence-electron chi connectivity index (χ4n) is 2.33. The first-order valence-electron chi connectivity index (χ1n) is 6.81. The quantitative estimate of drug-likeness (QED) is 0.891. The van der Waals surface area contributed by atoms with Crippen LogP contribution >= 0.6 is 11.3 Å². The Morgan fingerprint density at radius 3 is 2.53 bits per heavy atom. The van der Waals surface area contributed by atoms with E-state index in [4.69, 9.17) is 0 Å². The molecule has 0 aliphatic heterocycles. The highest BCUT2D eigenvalue weighted by molar-refractivity contribution is 7.09. The Morgan fingerprint density at radius 2 is 2.00 bits per heavy atom. The maximum absolute atomic E-state index is 9.57. The molecule has 2 aromatic rings. The molecular formula is C16H19NOS. The summed E-state index contributed by atoms with van der Waals surface area (Å²) in [7, 11) is 0. The lowest BCUT2D eigenvalue weighted by Gasteiger charge is -2.24. The van der Waals surface area contributed by atoms with E-state index < -0.39 is 0 Å². The first kappa shape index (κ1) is 12.7. The third-order valence-corrected chi connectivity index (χ3v) is 4.46. The second-order valence-corrected chi connectivity index (χ2v) is 6.24. The third-order valence-electron chi connectivity index (χ3n) is 3.60. The van der Waals surface area contributed by atoms with Crippen molar-refractivity contribution in [2.75, 3.05) is 4.90 Å². The maximum Gasteiger partial charge on any atom is 0.0761 e. The number of hydrogen-bond donors (Lipinski definition) is 1. The van der Waals surface area contributed by atoms with Crippen LogP contribution in [-0.4, -0.2) is 11.1 Å². The smallest absolute Gasteiger partial charge is 0.0761 e. The predicted molar refractivity (Wildman–Crippen MR) is 80.6 cm³/mol. The van der Waals surface area contributed by atoms with E-state index in [0.717, 1.165) is 12.1 Å². The van der Waals surface area contributed by atoms with Gasteiger partial charge in [-0.3, -0.25) is 0 Å². The molecule has 0 spiro atoms. The molecule has 1 atom stereocenters. The van der Waals surface area contributed by atoms with Gasteiger partial charge in [0.25, 0.3) is 0 Å². The minimum Gasteiger partial charge on any atom is -0.389 e. The molecule has 1 fully saturated rings. The molecule has 100 valence electrons. The molecule has 1 N–H and O–H groups in total. The lowest BCUT2D eigenvalue weighted by molar-refractivity contribution is 0.199. The van der Waals surface area contributed by atoms with Crippen LogP contribution in [0.4, 0.5) is 5.69 Å². The summed E-state index contributed by atoms with van der Waals surface area (Å²) in [6.07, 6.45) is 2.20. The summed E-state index contributed by atoms with van der Waals surface area (Å²) >= 11 is 1.82. The Bertz CT molecular complexity index is 514. The number of aliphatic hydroxyl groups excluding tert-OH is 1. The van der Waals surface area contributed by atoms with Crippen molar-refractivity contribution in [3.8, 4) is 0 Å². The summed E-state index contributed by atoms with van der Waals surface area (Å²) in [6.45, 7) is 2.80. The molecule has 0 bridgehead atoms. The first-order chi connectivity index (χ1) is 9.24. The Balaban J connectivity index is 1.79. The molecule has 1 saturated carbocycles. The van der Waals surface area contributed by atoms with Gasteiger partial charge in [-0.15, -0.1) is 11.3 Å². The van der Waals surface area contributed by atoms with E-state index in [1.54, 1.807) is 6.92 Å². The minimum atomic E-state index is -0.388. The van der Waals surface area contributed by atoms with Crippen molar-refractivity contribution in [1.29, 1.82) is 0 Å². The number of anilines is 1. The Morgan fingerprint density at radius 1 is 1.26 bits per heavy atom. The van der Waals surface area contributed by atoms with Crippen molar-refractivity contribution in [2.24, 2.45) is 0 Å². The van der Waals surface area contributed by atoms with E-state index in [-0.39, 0.29) is 6.10 Å². The number of nitrogens with zero attached hydrogens (tertiary/aromatic N) is 1. The fourth-order valence-corrected chi connectivity index (χ4v) is 3.03. The van der Waals surface area contributed by atoms with Crippen LogP contribution in [0, 0.1) is 0 Å². The Kier molecular flexibility index (Phi) is 3.58. The van der Waals surface area contributed by atoms with Gasteiger partial charge in [0, 0.05) is 16.6 Å². The van der Waals surface area contributed by atoms with Crippen LogP contribution in [0.25, 0.3) is 0 Å². The van der Waals surface area contributed by atoms with Gasteiger partial charge < -0.3 is 10.0 Å². The lowest BCUT2D eigenvalue weighted by Crippen LogP contribution is -2.24. The summed E-state index contributed by atoms with van der Waals surface area (Å²) in [5.74, 6) is 0. The molecule has 3 rings (SSSR count). The maximum atomic E-state index is 9.57. The number of thiophene rings is 1. The highest BCUT2D eigenvalue weighted by atomic mass is 32.1. The van der Waals surface area contributed by atoms with E-state index in [0.29, 0.717) is 6.04 Å². The van der Waals surface area contributed by atoms with Crippen LogP contribution in [0.15, 0.2) is 41.8 Å². The van der Waals surface area contributed by atoms with Crippen LogP contribution < -0.4 is 4.90 Å². The number of benzene rings is 1. The topological polar surface area (TPSA) is 23.5 Å².